The largest absolute Gasteiger partial charge is 0.477 e. The molecule has 0 radical (unpaired) electrons. The molecule has 1 aliphatic heterocycles. The summed E-state index contributed by atoms with van der Waals surface area (Å²) < 4.78 is 0. The van der Waals surface area contributed by atoms with Gasteiger partial charge in [0.15, 0.2) is 0 Å². The number of rotatable bonds is 2. The molecule has 0 unspecified atom stereocenters. The first kappa shape index (κ1) is 11.9. The van der Waals surface area contributed by atoms with Gasteiger partial charge in [-0.3, -0.25) is 4.79 Å². The number of nitrogens with zero attached hydrogens (tertiary/aromatic N) is 1. The Morgan fingerprint density at radius 3 is 2.95 bits per heavy atom. The molecule has 0 atom stereocenters. The third-order valence-corrected chi connectivity index (χ3v) is 4.16. The number of anilines is 1. The van der Waals surface area contributed by atoms with Crippen LogP contribution in [0.15, 0.2) is 18.2 Å². The maximum absolute atomic E-state index is 11.3. The van der Waals surface area contributed by atoms with Gasteiger partial charge in [-0.05, 0) is 30.7 Å². The second-order valence-electron chi connectivity index (χ2n) is 4.34. The van der Waals surface area contributed by atoms with Gasteiger partial charge in [-0.1, -0.05) is 0 Å². The van der Waals surface area contributed by atoms with Crippen molar-refractivity contribution in [2.45, 2.75) is 13.3 Å². The van der Waals surface area contributed by atoms with Gasteiger partial charge in [0.05, 0.1) is 12.1 Å². The average Bonchev–Trinajstić information content (AvgIpc) is 2.89. The van der Waals surface area contributed by atoms with Crippen LogP contribution in [-0.4, -0.2) is 22.0 Å². The van der Waals surface area contributed by atoms with Crippen LogP contribution < -0.4 is 5.32 Å². The molecule has 2 heterocycles. The normalized spacial score (nSPS) is 13.2. The number of carboxylic acid groups (broad SMARTS) is 1. The molecular formula is C13H10N2O3S. The van der Waals surface area contributed by atoms with Gasteiger partial charge in [-0.2, -0.15) is 0 Å². The van der Waals surface area contributed by atoms with Crippen LogP contribution in [0.5, 0.6) is 0 Å². The number of aromatic carboxylic acids is 1. The van der Waals surface area contributed by atoms with E-state index in [0.29, 0.717) is 17.1 Å². The van der Waals surface area contributed by atoms with Gasteiger partial charge in [0.2, 0.25) is 5.91 Å². The summed E-state index contributed by atoms with van der Waals surface area (Å²) in [5, 5.41) is 12.5. The summed E-state index contributed by atoms with van der Waals surface area (Å²) in [6.07, 6.45) is 0.360. The van der Waals surface area contributed by atoms with Crippen LogP contribution in [0, 0.1) is 6.92 Å². The number of carboxylic acids is 1. The van der Waals surface area contributed by atoms with Crippen molar-refractivity contribution in [2.24, 2.45) is 0 Å². The molecule has 6 heteroatoms. The molecule has 0 spiro atoms. The number of thiazole rings is 1. The van der Waals surface area contributed by atoms with E-state index in [1.165, 1.54) is 0 Å². The van der Waals surface area contributed by atoms with Gasteiger partial charge in [0, 0.05) is 11.3 Å². The van der Waals surface area contributed by atoms with Gasteiger partial charge in [0.25, 0.3) is 0 Å². The lowest BCUT2D eigenvalue weighted by molar-refractivity contribution is -0.115. The summed E-state index contributed by atoms with van der Waals surface area (Å²) in [6.45, 7) is 1.68. The minimum atomic E-state index is -0.959. The summed E-state index contributed by atoms with van der Waals surface area (Å²) in [5.74, 6) is -0.979. The summed E-state index contributed by atoms with van der Waals surface area (Å²) in [6, 6.07) is 5.55. The topological polar surface area (TPSA) is 79.3 Å². The minimum absolute atomic E-state index is 0.0197. The Hall–Kier alpha value is -2.21. The van der Waals surface area contributed by atoms with Crippen LogP contribution >= 0.6 is 11.3 Å². The highest BCUT2D eigenvalue weighted by molar-refractivity contribution is 7.17. The van der Waals surface area contributed by atoms with Gasteiger partial charge in [-0.15, -0.1) is 11.3 Å². The Balaban J connectivity index is 2.04. The number of amides is 1. The number of nitrogens with one attached hydrogen (secondary N) is 1. The molecule has 19 heavy (non-hydrogen) atoms. The molecule has 96 valence electrons. The fraction of sp³-hybridized carbons (Fsp3) is 0.154. The Kier molecular flexibility index (Phi) is 2.60. The average molecular weight is 274 g/mol. The summed E-state index contributed by atoms with van der Waals surface area (Å²) >= 11 is 1.15. The minimum Gasteiger partial charge on any atom is -0.477 e. The first-order valence-corrected chi connectivity index (χ1v) is 6.50. The monoisotopic (exact) mass is 274 g/mol. The van der Waals surface area contributed by atoms with E-state index >= 15 is 0 Å². The van der Waals surface area contributed by atoms with Crippen LogP contribution in [0.25, 0.3) is 10.6 Å². The third kappa shape index (κ3) is 2.00. The molecule has 0 fully saturated rings. The smallest absolute Gasteiger partial charge is 0.347 e. The van der Waals surface area contributed by atoms with Gasteiger partial charge < -0.3 is 10.4 Å². The molecule has 1 aliphatic rings. The second-order valence-corrected chi connectivity index (χ2v) is 5.33. The van der Waals surface area contributed by atoms with Crippen LogP contribution in [0.1, 0.15) is 20.9 Å². The maximum Gasteiger partial charge on any atom is 0.347 e. The number of fused-ring (bicyclic) bond motifs is 1. The number of hydrogen-bond acceptors (Lipinski definition) is 4. The zero-order chi connectivity index (χ0) is 13.6. The van der Waals surface area contributed by atoms with Crippen molar-refractivity contribution in [1.82, 2.24) is 4.98 Å². The van der Waals surface area contributed by atoms with E-state index in [0.717, 1.165) is 28.2 Å². The summed E-state index contributed by atoms with van der Waals surface area (Å²) in [4.78, 5) is 26.8. The van der Waals surface area contributed by atoms with E-state index in [2.05, 4.69) is 10.3 Å². The standard InChI is InChI=1S/C13H10N2O3S/c1-6-11(13(17)18)19-12(14-6)7-2-3-9-8(4-7)5-10(16)15-9/h2-4H,5H2,1H3,(H,15,16)(H,17,18). The fourth-order valence-corrected chi connectivity index (χ4v) is 2.98. The van der Waals surface area contributed by atoms with E-state index in [9.17, 15) is 9.59 Å². The lowest BCUT2D eigenvalue weighted by atomic mass is 10.1. The Bertz CT molecular complexity index is 706. The predicted molar refractivity (Wildman–Crippen MR) is 71.6 cm³/mol. The van der Waals surface area contributed by atoms with Gasteiger partial charge >= 0.3 is 5.97 Å². The van der Waals surface area contributed by atoms with Crippen molar-refractivity contribution < 1.29 is 14.7 Å². The molecule has 5 nitrogen and oxygen atoms in total. The highest BCUT2D eigenvalue weighted by Gasteiger charge is 2.20. The molecule has 0 saturated carbocycles. The quantitative estimate of drug-likeness (QED) is 0.880. The van der Waals surface area contributed by atoms with E-state index in [1.54, 1.807) is 6.92 Å². The molecule has 1 amide bonds. The molecule has 2 N–H and O–H groups in total. The summed E-state index contributed by atoms with van der Waals surface area (Å²) in [7, 11) is 0. The third-order valence-electron chi connectivity index (χ3n) is 2.97. The van der Waals surface area contributed by atoms with Crippen molar-refractivity contribution in [3.8, 4) is 10.6 Å². The molecule has 0 aliphatic carbocycles. The molecule has 0 bridgehead atoms. The lowest BCUT2D eigenvalue weighted by Crippen LogP contribution is -2.03. The van der Waals surface area contributed by atoms with E-state index in [4.69, 9.17) is 5.11 Å². The predicted octanol–water partition coefficient (Wildman–Crippen LogP) is 2.31. The van der Waals surface area contributed by atoms with Crippen LogP contribution in [0.2, 0.25) is 0 Å². The molecule has 1 aromatic heterocycles. The highest BCUT2D eigenvalue weighted by Crippen LogP contribution is 2.32. The van der Waals surface area contributed by atoms with Gasteiger partial charge in [0.1, 0.15) is 9.88 Å². The number of carbonyl (C=O) groups excluding carboxylic acids is 1. The number of aryl methyl sites for hydroxylation is 1. The molecule has 1 aromatic carbocycles. The van der Waals surface area contributed by atoms with Crippen molar-refractivity contribution in [3.05, 3.63) is 34.3 Å². The number of carbonyl (C=O) groups is 2. The lowest BCUT2D eigenvalue weighted by Gasteiger charge is -2.00. The van der Waals surface area contributed by atoms with E-state index in [-0.39, 0.29) is 10.8 Å². The second kappa shape index (κ2) is 4.17. The van der Waals surface area contributed by atoms with E-state index < -0.39 is 5.97 Å². The van der Waals surface area contributed by atoms with Crippen molar-refractivity contribution >= 4 is 28.9 Å². The Morgan fingerprint density at radius 1 is 1.47 bits per heavy atom. The zero-order valence-electron chi connectivity index (χ0n) is 10.1. The van der Waals surface area contributed by atoms with E-state index in [1.807, 2.05) is 18.2 Å². The molecule has 3 rings (SSSR count). The zero-order valence-corrected chi connectivity index (χ0v) is 10.9. The SMILES string of the molecule is Cc1nc(-c2ccc3c(c2)CC(=O)N3)sc1C(=O)O. The maximum atomic E-state index is 11.3. The van der Waals surface area contributed by atoms with Crippen molar-refractivity contribution in [3.63, 3.8) is 0 Å². The first-order valence-electron chi connectivity index (χ1n) is 5.68. The fourth-order valence-electron chi connectivity index (χ4n) is 2.08. The number of hydrogen-bond donors (Lipinski definition) is 2. The van der Waals surface area contributed by atoms with Crippen molar-refractivity contribution in [2.75, 3.05) is 5.32 Å². The summed E-state index contributed by atoms with van der Waals surface area (Å²) in [5.41, 5.74) is 3.10. The van der Waals surface area contributed by atoms with Crippen LogP contribution in [0.4, 0.5) is 5.69 Å². The number of benzene rings is 1. The van der Waals surface area contributed by atoms with Crippen LogP contribution in [0.3, 0.4) is 0 Å². The molecular weight excluding hydrogens is 264 g/mol. The van der Waals surface area contributed by atoms with Crippen molar-refractivity contribution in [1.29, 1.82) is 0 Å². The first-order chi connectivity index (χ1) is 9.04. The van der Waals surface area contributed by atoms with Gasteiger partial charge in [-0.25, -0.2) is 9.78 Å². The Labute approximate surface area is 112 Å². The number of aromatic nitrogens is 1. The molecule has 2 aromatic rings. The Morgan fingerprint density at radius 2 is 2.26 bits per heavy atom. The molecule has 0 saturated heterocycles. The van der Waals surface area contributed by atoms with Crippen LogP contribution in [-0.2, 0) is 11.2 Å². The highest BCUT2D eigenvalue weighted by atomic mass is 32.1.